The molecule has 1 aliphatic carbocycles. The lowest BCUT2D eigenvalue weighted by Gasteiger charge is -2.27. The zero-order chi connectivity index (χ0) is 26.8. The Morgan fingerprint density at radius 2 is 1.49 bits per heavy atom. The molecule has 0 aromatic heterocycles. The maximum Gasteiger partial charge on any atom is 0.416 e. The Labute approximate surface area is 209 Å². The maximum atomic E-state index is 14.0. The fraction of sp³-hybridized carbons (Fsp3) is 0.321. The van der Waals surface area contributed by atoms with Crippen LogP contribution in [-0.2, 0) is 25.3 Å². The molecule has 4 rings (SSSR count). The summed E-state index contributed by atoms with van der Waals surface area (Å²) in [6, 6.07) is 13.8. The van der Waals surface area contributed by atoms with Crippen LogP contribution in [-0.4, -0.2) is 17.4 Å². The summed E-state index contributed by atoms with van der Waals surface area (Å²) in [5.74, 6) is -1.57. The molecule has 3 aromatic carbocycles. The molecule has 0 aliphatic heterocycles. The lowest BCUT2D eigenvalue weighted by molar-refractivity contribution is -0.138. The second-order valence-electron chi connectivity index (χ2n) is 9.27. The zero-order valence-corrected chi connectivity index (χ0v) is 19.7. The van der Waals surface area contributed by atoms with Gasteiger partial charge in [-0.3, -0.25) is 4.79 Å². The number of carbonyl (C=O) groups is 1. The molecule has 9 heteroatoms. The van der Waals surface area contributed by atoms with E-state index in [9.17, 15) is 35.5 Å². The van der Waals surface area contributed by atoms with Crippen molar-refractivity contribution in [3.05, 3.63) is 106 Å². The van der Waals surface area contributed by atoms with Crippen molar-refractivity contribution in [1.82, 2.24) is 4.90 Å². The van der Waals surface area contributed by atoms with Crippen LogP contribution >= 0.6 is 0 Å². The van der Waals surface area contributed by atoms with Crippen molar-refractivity contribution < 1.29 is 35.5 Å². The first-order valence-corrected chi connectivity index (χ1v) is 11.8. The van der Waals surface area contributed by atoms with E-state index < -0.39 is 40.8 Å². The summed E-state index contributed by atoms with van der Waals surface area (Å²) in [5, 5.41) is 0. The third-order valence-corrected chi connectivity index (χ3v) is 6.61. The molecular weight excluding hydrogens is 499 g/mol. The van der Waals surface area contributed by atoms with Crippen LogP contribution in [0.25, 0.3) is 0 Å². The van der Waals surface area contributed by atoms with Crippen molar-refractivity contribution in [3.8, 4) is 0 Å². The third-order valence-electron chi connectivity index (χ3n) is 6.61. The smallest absolute Gasteiger partial charge is 0.334 e. The summed E-state index contributed by atoms with van der Waals surface area (Å²) < 4.78 is 93.0. The van der Waals surface area contributed by atoms with Gasteiger partial charge >= 0.3 is 12.4 Å². The number of benzene rings is 3. The average Bonchev–Trinajstić information content (AvgIpc) is 2.80. The number of rotatable bonds is 7. The largest absolute Gasteiger partial charge is 0.416 e. The number of alkyl halides is 6. The van der Waals surface area contributed by atoms with Crippen LogP contribution < -0.4 is 0 Å². The minimum Gasteiger partial charge on any atom is -0.334 e. The van der Waals surface area contributed by atoms with Crippen LogP contribution in [0.2, 0.25) is 0 Å². The third kappa shape index (κ3) is 6.70. The molecular formula is C28H24F7NO. The van der Waals surface area contributed by atoms with Gasteiger partial charge in [0.2, 0.25) is 0 Å². The fourth-order valence-corrected chi connectivity index (χ4v) is 4.34. The average molecular weight is 523 g/mol. The summed E-state index contributed by atoms with van der Waals surface area (Å²) in [4.78, 5) is 14.5. The summed E-state index contributed by atoms with van der Waals surface area (Å²) in [5.41, 5.74) is -0.441. The molecule has 196 valence electrons. The Balaban J connectivity index is 1.59. The predicted molar refractivity (Wildman–Crippen MR) is 124 cm³/mol. The van der Waals surface area contributed by atoms with Crippen LogP contribution in [0.1, 0.15) is 63.4 Å². The normalized spacial score (nSPS) is 14.4. The van der Waals surface area contributed by atoms with Gasteiger partial charge in [-0.2, -0.15) is 26.3 Å². The van der Waals surface area contributed by atoms with E-state index in [2.05, 4.69) is 0 Å². The van der Waals surface area contributed by atoms with Gasteiger partial charge in [0.15, 0.2) is 0 Å². The number of hydrogen-bond donors (Lipinski definition) is 0. The standard InChI is InChI=1S/C28H24F7NO/c29-25-15-22(14-24(16-25)28(33,34)35)26(37)36(12-11-18-3-1-6-23(13-18)27(30,31)32)17-19-7-9-21(10-8-19)20-4-2-5-20/h1,3,6-10,13-16,20H,2,4-5,11-12,17H2. The van der Waals surface area contributed by atoms with E-state index in [-0.39, 0.29) is 19.5 Å². The molecule has 1 fully saturated rings. The summed E-state index contributed by atoms with van der Waals surface area (Å²) in [6.07, 6.45) is -6.00. The highest BCUT2D eigenvalue weighted by Crippen LogP contribution is 2.36. The molecule has 0 saturated heterocycles. The number of halogens is 7. The SMILES string of the molecule is O=C(c1cc(F)cc(C(F)(F)F)c1)N(CCc1cccc(C(F)(F)F)c1)Cc1ccc(C2CCC2)cc1. The first-order valence-electron chi connectivity index (χ1n) is 11.8. The Morgan fingerprint density at radius 1 is 0.811 bits per heavy atom. The molecule has 0 radical (unpaired) electrons. The predicted octanol–water partition coefficient (Wildman–Crippen LogP) is 8.02. The lowest BCUT2D eigenvalue weighted by atomic mass is 9.80. The summed E-state index contributed by atoms with van der Waals surface area (Å²) in [6.45, 7) is -0.0804. The van der Waals surface area contributed by atoms with Crippen molar-refractivity contribution in [2.45, 2.75) is 50.5 Å². The van der Waals surface area contributed by atoms with Crippen molar-refractivity contribution in [3.63, 3.8) is 0 Å². The zero-order valence-electron chi connectivity index (χ0n) is 19.7. The van der Waals surface area contributed by atoms with Gasteiger partial charge in [-0.15, -0.1) is 0 Å². The fourth-order valence-electron chi connectivity index (χ4n) is 4.34. The second-order valence-corrected chi connectivity index (χ2v) is 9.27. The van der Waals surface area contributed by atoms with Crippen LogP contribution in [0, 0.1) is 5.82 Å². The number of hydrogen-bond acceptors (Lipinski definition) is 1. The number of carbonyl (C=O) groups excluding carboxylic acids is 1. The van der Waals surface area contributed by atoms with Crippen molar-refractivity contribution in [1.29, 1.82) is 0 Å². The molecule has 0 unspecified atom stereocenters. The van der Waals surface area contributed by atoms with Crippen molar-refractivity contribution >= 4 is 5.91 Å². The topological polar surface area (TPSA) is 20.3 Å². The second kappa shape index (κ2) is 10.6. The minimum absolute atomic E-state index is 0.000601. The van der Waals surface area contributed by atoms with E-state index in [4.69, 9.17) is 0 Å². The van der Waals surface area contributed by atoms with Gasteiger partial charge < -0.3 is 4.90 Å². The van der Waals surface area contributed by atoms with E-state index in [1.807, 2.05) is 24.3 Å². The maximum absolute atomic E-state index is 14.0. The Morgan fingerprint density at radius 3 is 2.08 bits per heavy atom. The van der Waals surface area contributed by atoms with Crippen LogP contribution in [0.5, 0.6) is 0 Å². The molecule has 1 aliphatic rings. The van der Waals surface area contributed by atoms with Gasteiger partial charge in [0.1, 0.15) is 5.82 Å². The van der Waals surface area contributed by atoms with Gasteiger partial charge in [0.05, 0.1) is 11.1 Å². The van der Waals surface area contributed by atoms with Gasteiger partial charge in [0.25, 0.3) is 5.91 Å². The molecule has 2 nitrogen and oxygen atoms in total. The van der Waals surface area contributed by atoms with Gasteiger partial charge in [0, 0.05) is 18.7 Å². The van der Waals surface area contributed by atoms with Crippen LogP contribution in [0.3, 0.4) is 0 Å². The molecule has 0 bridgehead atoms. The van der Waals surface area contributed by atoms with E-state index in [1.165, 1.54) is 17.0 Å². The minimum atomic E-state index is -4.85. The molecule has 3 aromatic rings. The van der Waals surface area contributed by atoms with Crippen LogP contribution in [0.4, 0.5) is 30.7 Å². The lowest BCUT2D eigenvalue weighted by Crippen LogP contribution is -2.33. The molecule has 0 spiro atoms. The first kappa shape index (κ1) is 26.7. The molecule has 1 amide bonds. The monoisotopic (exact) mass is 523 g/mol. The van der Waals surface area contributed by atoms with E-state index in [1.54, 1.807) is 0 Å². The highest BCUT2D eigenvalue weighted by atomic mass is 19.4. The number of nitrogens with zero attached hydrogens (tertiary/aromatic N) is 1. The molecule has 1 saturated carbocycles. The van der Waals surface area contributed by atoms with Crippen molar-refractivity contribution in [2.24, 2.45) is 0 Å². The van der Waals surface area contributed by atoms with E-state index in [0.29, 0.717) is 29.2 Å². The Kier molecular flexibility index (Phi) is 7.62. The van der Waals surface area contributed by atoms with Gasteiger partial charge in [-0.05, 0) is 66.1 Å². The first-order chi connectivity index (χ1) is 17.4. The van der Waals surface area contributed by atoms with Gasteiger partial charge in [-0.25, -0.2) is 4.39 Å². The van der Waals surface area contributed by atoms with Gasteiger partial charge in [-0.1, -0.05) is 48.9 Å². The Bertz CT molecular complexity index is 1240. The van der Waals surface area contributed by atoms with E-state index >= 15 is 0 Å². The van der Waals surface area contributed by atoms with Crippen molar-refractivity contribution in [2.75, 3.05) is 6.54 Å². The Hall–Kier alpha value is -3.36. The quantitative estimate of drug-likeness (QED) is 0.287. The molecule has 0 N–H and O–H groups in total. The molecule has 0 heterocycles. The van der Waals surface area contributed by atoms with E-state index in [0.717, 1.165) is 43.0 Å². The molecule has 37 heavy (non-hydrogen) atoms. The van der Waals surface area contributed by atoms with Crippen LogP contribution in [0.15, 0.2) is 66.7 Å². The molecule has 0 atom stereocenters. The summed E-state index contributed by atoms with van der Waals surface area (Å²) >= 11 is 0. The summed E-state index contributed by atoms with van der Waals surface area (Å²) in [7, 11) is 0. The highest BCUT2D eigenvalue weighted by Gasteiger charge is 2.33. The number of amides is 1. The highest BCUT2D eigenvalue weighted by molar-refractivity contribution is 5.94.